The number of likely N-dealkylation sites (tertiary alicyclic amines) is 1. The number of piperidine rings is 1. The molecule has 1 aliphatic heterocycles. The van der Waals surface area contributed by atoms with Gasteiger partial charge >= 0.3 is 0 Å². The average Bonchev–Trinajstić information content (AvgIpc) is 3.41. The van der Waals surface area contributed by atoms with Crippen LogP contribution in [0.1, 0.15) is 29.5 Å². The summed E-state index contributed by atoms with van der Waals surface area (Å²) in [5, 5.41) is 4.33. The lowest BCUT2D eigenvalue weighted by atomic mass is 9.97. The molecule has 1 aliphatic rings. The Morgan fingerprint density at radius 2 is 1.93 bits per heavy atom. The molecule has 1 fully saturated rings. The number of fused-ring (bicyclic) bond motifs is 1. The summed E-state index contributed by atoms with van der Waals surface area (Å²) < 4.78 is 5.80. The number of rotatable bonds is 4. The van der Waals surface area contributed by atoms with Gasteiger partial charge in [0.05, 0.1) is 17.1 Å². The Kier molecular flexibility index (Phi) is 4.86. The molecule has 0 unspecified atom stereocenters. The standard InChI is InChI=1S/C23H21N3O2S/c27-22(14-19-13-18-3-1-2-4-21(18)28-19)26-11-7-17(8-12-26)23-25-20(15-29-23)16-5-9-24-10-6-16/h1-6,9-10,13,15,17H,7-8,11-12,14H2. The van der Waals surface area contributed by atoms with Crippen molar-refractivity contribution in [3.05, 3.63) is 71.0 Å². The number of thiazole rings is 1. The molecule has 0 saturated carbocycles. The number of amides is 1. The van der Waals surface area contributed by atoms with Crippen molar-refractivity contribution in [2.45, 2.75) is 25.2 Å². The van der Waals surface area contributed by atoms with Gasteiger partial charge in [-0.05, 0) is 37.1 Å². The van der Waals surface area contributed by atoms with E-state index in [1.165, 1.54) is 5.01 Å². The van der Waals surface area contributed by atoms with Gasteiger partial charge in [0, 0.05) is 47.7 Å². The molecule has 1 amide bonds. The van der Waals surface area contributed by atoms with E-state index in [4.69, 9.17) is 9.40 Å². The fourth-order valence-electron chi connectivity index (χ4n) is 3.89. The summed E-state index contributed by atoms with van der Waals surface area (Å²) in [5.74, 6) is 1.30. The zero-order valence-corrected chi connectivity index (χ0v) is 16.8. The highest BCUT2D eigenvalue weighted by molar-refractivity contribution is 7.10. The van der Waals surface area contributed by atoms with E-state index < -0.39 is 0 Å². The minimum Gasteiger partial charge on any atom is -0.461 e. The minimum absolute atomic E-state index is 0.138. The number of furan rings is 1. The fourth-order valence-corrected chi connectivity index (χ4v) is 4.89. The van der Waals surface area contributed by atoms with Gasteiger partial charge in [0.25, 0.3) is 0 Å². The molecule has 4 heterocycles. The third-order valence-corrected chi connectivity index (χ3v) is 6.50. The summed E-state index contributed by atoms with van der Waals surface area (Å²) in [6.07, 6.45) is 5.81. The minimum atomic E-state index is 0.138. The molecule has 1 saturated heterocycles. The van der Waals surface area contributed by atoms with Crippen LogP contribution in [0.3, 0.4) is 0 Å². The van der Waals surface area contributed by atoms with Crippen molar-refractivity contribution in [1.29, 1.82) is 0 Å². The smallest absolute Gasteiger partial charge is 0.230 e. The molecule has 146 valence electrons. The van der Waals surface area contributed by atoms with Gasteiger partial charge in [-0.1, -0.05) is 18.2 Å². The first-order valence-corrected chi connectivity index (χ1v) is 10.8. The van der Waals surface area contributed by atoms with Crippen molar-refractivity contribution in [2.75, 3.05) is 13.1 Å². The van der Waals surface area contributed by atoms with Gasteiger partial charge in [0.2, 0.25) is 5.91 Å². The van der Waals surface area contributed by atoms with Crippen molar-refractivity contribution in [3.8, 4) is 11.3 Å². The topological polar surface area (TPSA) is 59.2 Å². The third kappa shape index (κ3) is 3.80. The number of benzene rings is 1. The maximum atomic E-state index is 12.7. The molecule has 6 heteroatoms. The molecule has 0 atom stereocenters. The Morgan fingerprint density at radius 1 is 1.14 bits per heavy atom. The van der Waals surface area contributed by atoms with Gasteiger partial charge in [0.15, 0.2) is 0 Å². The Bertz CT molecular complexity index is 1090. The average molecular weight is 404 g/mol. The first-order valence-electron chi connectivity index (χ1n) is 9.87. The number of hydrogen-bond donors (Lipinski definition) is 0. The zero-order valence-electron chi connectivity index (χ0n) is 16.0. The monoisotopic (exact) mass is 403 g/mol. The SMILES string of the molecule is O=C(Cc1cc2ccccc2o1)N1CCC(c2nc(-c3ccncc3)cs2)CC1. The van der Waals surface area contributed by atoms with E-state index in [2.05, 4.69) is 10.4 Å². The summed E-state index contributed by atoms with van der Waals surface area (Å²) >= 11 is 1.72. The van der Waals surface area contributed by atoms with Gasteiger partial charge in [0.1, 0.15) is 11.3 Å². The maximum Gasteiger partial charge on any atom is 0.230 e. The van der Waals surface area contributed by atoms with Crippen molar-refractivity contribution in [2.24, 2.45) is 0 Å². The number of carbonyl (C=O) groups is 1. The number of pyridine rings is 1. The van der Waals surface area contributed by atoms with Crippen LogP contribution < -0.4 is 0 Å². The Morgan fingerprint density at radius 3 is 2.72 bits per heavy atom. The zero-order chi connectivity index (χ0) is 19.6. The van der Waals surface area contributed by atoms with Crippen LogP contribution in [0.25, 0.3) is 22.2 Å². The number of nitrogens with zero attached hydrogens (tertiary/aromatic N) is 3. The van der Waals surface area contributed by atoms with Crippen LogP contribution >= 0.6 is 11.3 Å². The quantitative estimate of drug-likeness (QED) is 0.486. The molecule has 0 bridgehead atoms. The molecule has 29 heavy (non-hydrogen) atoms. The highest BCUT2D eigenvalue weighted by Crippen LogP contribution is 2.33. The highest BCUT2D eigenvalue weighted by atomic mass is 32.1. The molecular weight excluding hydrogens is 382 g/mol. The van der Waals surface area contributed by atoms with E-state index in [1.807, 2.05) is 47.4 Å². The lowest BCUT2D eigenvalue weighted by Gasteiger charge is -2.31. The Labute approximate surface area is 173 Å². The highest BCUT2D eigenvalue weighted by Gasteiger charge is 2.26. The van der Waals surface area contributed by atoms with Crippen molar-refractivity contribution >= 4 is 28.2 Å². The first kappa shape index (κ1) is 18.1. The van der Waals surface area contributed by atoms with E-state index in [0.29, 0.717) is 12.3 Å². The Balaban J connectivity index is 1.20. The van der Waals surface area contributed by atoms with Crippen LogP contribution in [0, 0.1) is 0 Å². The van der Waals surface area contributed by atoms with Crippen molar-refractivity contribution in [3.63, 3.8) is 0 Å². The molecule has 1 aromatic carbocycles. The van der Waals surface area contributed by atoms with E-state index in [-0.39, 0.29) is 5.91 Å². The molecule has 4 aromatic rings. The summed E-state index contributed by atoms with van der Waals surface area (Å²) in [6.45, 7) is 1.54. The number of carbonyl (C=O) groups excluding carboxylic acids is 1. The second-order valence-electron chi connectivity index (χ2n) is 7.39. The van der Waals surface area contributed by atoms with E-state index in [1.54, 1.807) is 23.7 Å². The molecule has 0 aliphatic carbocycles. The van der Waals surface area contributed by atoms with Gasteiger partial charge in [-0.25, -0.2) is 4.98 Å². The van der Waals surface area contributed by atoms with E-state index in [9.17, 15) is 4.79 Å². The van der Waals surface area contributed by atoms with Gasteiger partial charge in [-0.15, -0.1) is 11.3 Å². The van der Waals surface area contributed by atoms with Crippen LogP contribution in [0.5, 0.6) is 0 Å². The lowest BCUT2D eigenvalue weighted by molar-refractivity contribution is -0.131. The van der Waals surface area contributed by atoms with E-state index >= 15 is 0 Å². The second kappa shape index (κ2) is 7.79. The van der Waals surface area contributed by atoms with E-state index in [0.717, 1.165) is 53.9 Å². The summed E-state index contributed by atoms with van der Waals surface area (Å²) in [6, 6.07) is 13.8. The van der Waals surface area contributed by atoms with Crippen LogP contribution in [0.4, 0.5) is 0 Å². The van der Waals surface area contributed by atoms with Crippen molar-refractivity contribution < 1.29 is 9.21 Å². The largest absolute Gasteiger partial charge is 0.461 e. The number of hydrogen-bond acceptors (Lipinski definition) is 5. The summed E-state index contributed by atoms with van der Waals surface area (Å²) in [7, 11) is 0. The van der Waals surface area contributed by atoms with Crippen LogP contribution in [-0.2, 0) is 11.2 Å². The lowest BCUT2D eigenvalue weighted by Crippen LogP contribution is -2.38. The van der Waals surface area contributed by atoms with Gasteiger partial charge in [-0.2, -0.15) is 0 Å². The predicted octanol–water partition coefficient (Wildman–Crippen LogP) is 4.90. The third-order valence-electron chi connectivity index (χ3n) is 5.50. The van der Waals surface area contributed by atoms with Crippen molar-refractivity contribution in [1.82, 2.24) is 14.9 Å². The number of aromatic nitrogens is 2. The fraction of sp³-hybridized carbons (Fsp3) is 0.261. The van der Waals surface area contributed by atoms with Crippen LogP contribution in [0.15, 0.2) is 64.7 Å². The normalized spacial score (nSPS) is 15.1. The molecule has 5 rings (SSSR count). The molecule has 0 spiro atoms. The predicted molar refractivity (Wildman–Crippen MR) is 114 cm³/mol. The molecular formula is C23H21N3O2S. The maximum absolute atomic E-state index is 12.7. The van der Waals surface area contributed by atoms with Gasteiger partial charge < -0.3 is 9.32 Å². The molecule has 5 nitrogen and oxygen atoms in total. The number of para-hydroxylation sites is 1. The molecule has 0 N–H and O–H groups in total. The summed E-state index contributed by atoms with van der Waals surface area (Å²) in [4.78, 5) is 23.6. The van der Waals surface area contributed by atoms with Crippen LogP contribution in [0.2, 0.25) is 0 Å². The molecule has 0 radical (unpaired) electrons. The van der Waals surface area contributed by atoms with Gasteiger partial charge in [-0.3, -0.25) is 9.78 Å². The van der Waals surface area contributed by atoms with Crippen LogP contribution in [-0.4, -0.2) is 33.9 Å². The molecule has 3 aromatic heterocycles. The summed E-state index contributed by atoms with van der Waals surface area (Å²) in [5.41, 5.74) is 2.94. The first-order chi connectivity index (χ1) is 14.3. The second-order valence-corrected chi connectivity index (χ2v) is 8.28. The Hall–Kier alpha value is -2.99.